The van der Waals surface area contributed by atoms with Gasteiger partial charge in [0, 0.05) is 40.1 Å². The maximum absolute atomic E-state index is 12.5. The fourth-order valence-electron chi connectivity index (χ4n) is 6.88. The number of benzene rings is 6. The molecule has 0 saturated heterocycles. The third kappa shape index (κ3) is 2.92. The van der Waals surface area contributed by atoms with Crippen molar-refractivity contribution >= 4 is 32.9 Å². The van der Waals surface area contributed by atoms with Crippen molar-refractivity contribution in [3.05, 3.63) is 151 Å². The Labute approximate surface area is 233 Å². The van der Waals surface area contributed by atoms with Crippen LogP contribution in [-0.4, -0.2) is 9.85 Å². The molecule has 1 heterocycles. The van der Waals surface area contributed by atoms with E-state index in [2.05, 4.69) is 6.07 Å². The molecule has 196 valence electrons. The van der Waals surface area contributed by atoms with Gasteiger partial charge in [0.1, 0.15) is 11.5 Å². The quantitative estimate of drug-likeness (QED) is 0.163. The number of non-ortho nitro benzene ring substituents is 2. The second kappa shape index (κ2) is 7.99. The number of hydrogen-bond acceptors (Lipinski definition) is 5. The van der Waals surface area contributed by atoms with Crippen LogP contribution < -0.4 is 4.74 Å². The average molecular weight is 537 g/mol. The third-order valence-corrected chi connectivity index (χ3v) is 8.55. The van der Waals surface area contributed by atoms with Crippen LogP contribution in [-0.2, 0) is 5.41 Å². The van der Waals surface area contributed by atoms with Gasteiger partial charge in [0.15, 0.2) is 0 Å². The van der Waals surface area contributed by atoms with E-state index in [-0.39, 0.29) is 16.3 Å². The van der Waals surface area contributed by atoms with Crippen LogP contribution in [0.1, 0.15) is 27.8 Å². The van der Waals surface area contributed by atoms with Crippen LogP contribution >= 0.6 is 0 Å². The zero-order valence-electron chi connectivity index (χ0n) is 21.8. The first kappa shape index (κ1) is 23.3. The number of nitrogens with zero attached hydrogens (tertiary/aromatic N) is 2. The topological polar surface area (TPSA) is 95.5 Å². The number of rotatable bonds is 2. The lowest BCUT2D eigenvalue weighted by molar-refractivity contribution is -0.384. The minimum absolute atomic E-state index is 0.0420. The van der Waals surface area contributed by atoms with E-state index < -0.39 is 10.3 Å². The Hall–Kier alpha value is -5.56. The van der Waals surface area contributed by atoms with Gasteiger partial charge >= 0.3 is 0 Å². The number of nitro benzene ring substituents is 2. The molecule has 41 heavy (non-hydrogen) atoms. The molecule has 6 aromatic carbocycles. The molecule has 1 spiro atoms. The predicted molar refractivity (Wildman–Crippen MR) is 157 cm³/mol. The minimum Gasteiger partial charge on any atom is -0.455 e. The summed E-state index contributed by atoms with van der Waals surface area (Å²) in [5.41, 5.74) is 4.63. The monoisotopic (exact) mass is 536 g/mol. The number of nitro groups is 2. The molecule has 0 N–H and O–H groups in total. The number of hydrogen-bond donors (Lipinski definition) is 0. The summed E-state index contributed by atoms with van der Waals surface area (Å²) in [5, 5.41) is 27.5. The van der Waals surface area contributed by atoms with E-state index in [1.807, 2.05) is 67.6 Å². The van der Waals surface area contributed by atoms with Gasteiger partial charge in [-0.3, -0.25) is 20.2 Å². The van der Waals surface area contributed by atoms with Crippen LogP contribution in [0.2, 0.25) is 0 Å². The molecule has 1 aliphatic heterocycles. The average Bonchev–Trinajstić information content (AvgIpc) is 3.26. The van der Waals surface area contributed by atoms with E-state index >= 15 is 0 Å². The first-order chi connectivity index (χ1) is 19.9. The van der Waals surface area contributed by atoms with Crippen molar-refractivity contribution in [2.75, 3.05) is 0 Å². The highest BCUT2D eigenvalue weighted by molar-refractivity contribution is 6.02. The Bertz CT molecular complexity index is 2170. The van der Waals surface area contributed by atoms with E-state index in [1.165, 1.54) is 6.07 Å². The van der Waals surface area contributed by atoms with Crippen molar-refractivity contribution in [3.63, 3.8) is 0 Å². The van der Waals surface area contributed by atoms with Crippen LogP contribution in [0.4, 0.5) is 11.4 Å². The van der Waals surface area contributed by atoms with Gasteiger partial charge in [-0.2, -0.15) is 0 Å². The molecule has 1 aliphatic carbocycles. The van der Waals surface area contributed by atoms with Crippen LogP contribution in [0.3, 0.4) is 0 Å². The molecule has 0 bridgehead atoms. The predicted octanol–water partition coefficient (Wildman–Crippen LogP) is 8.59. The van der Waals surface area contributed by atoms with Gasteiger partial charge < -0.3 is 4.74 Å². The van der Waals surface area contributed by atoms with Crippen molar-refractivity contribution in [1.29, 1.82) is 0 Å². The molecule has 0 radical (unpaired) electrons. The van der Waals surface area contributed by atoms with Gasteiger partial charge in [0.2, 0.25) is 0 Å². The Kier molecular flexibility index (Phi) is 4.55. The lowest BCUT2D eigenvalue weighted by Crippen LogP contribution is -2.32. The third-order valence-electron chi connectivity index (χ3n) is 8.55. The fraction of sp³-hybridized carbons (Fsp3) is 0.0588. The zero-order chi connectivity index (χ0) is 28.0. The second-order valence-electron chi connectivity index (χ2n) is 10.6. The Balaban J connectivity index is 1.65. The van der Waals surface area contributed by atoms with Crippen molar-refractivity contribution < 1.29 is 14.6 Å². The molecule has 0 aromatic heterocycles. The summed E-state index contributed by atoms with van der Waals surface area (Å²) in [4.78, 5) is 23.8. The molecule has 1 atom stereocenters. The van der Waals surface area contributed by atoms with Gasteiger partial charge in [-0.25, -0.2) is 0 Å². The van der Waals surface area contributed by atoms with Gasteiger partial charge in [-0.15, -0.1) is 0 Å². The van der Waals surface area contributed by atoms with E-state index in [1.54, 1.807) is 30.3 Å². The molecule has 7 heteroatoms. The first-order valence-corrected chi connectivity index (χ1v) is 13.2. The maximum atomic E-state index is 12.5. The first-order valence-electron chi connectivity index (χ1n) is 13.2. The molecule has 1 unspecified atom stereocenters. The molecule has 8 rings (SSSR count). The summed E-state index contributed by atoms with van der Waals surface area (Å²) in [6, 6.07) is 31.8. The maximum Gasteiger partial charge on any atom is 0.277 e. The van der Waals surface area contributed by atoms with Gasteiger partial charge in [0.25, 0.3) is 11.4 Å². The second-order valence-corrected chi connectivity index (χ2v) is 10.6. The number of aryl methyl sites for hydroxylation is 1. The summed E-state index contributed by atoms with van der Waals surface area (Å²) in [6.07, 6.45) is 0. The van der Waals surface area contributed by atoms with Crippen LogP contribution in [0.15, 0.2) is 103 Å². The fourth-order valence-corrected chi connectivity index (χ4v) is 6.88. The van der Waals surface area contributed by atoms with E-state index in [0.717, 1.165) is 38.6 Å². The molecular weight excluding hydrogens is 516 g/mol. The smallest absolute Gasteiger partial charge is 0.277 e. The van der Waals surface area contributed by atoms with Gasteiger partial charge in [0.05, 0.1) is 20.6 Å². The lowest BCUT2D eigenvalue weighted by atomic mass is 9.65. The largest absolute Gasteiger partial charge is 0.455 e. The van der Waals surface area contributed by atoms with Crippen molar-refractivity contribution in [2.24, 2.45) is 0 Å². The lowest BCUT2D eigenvalue weighted by Gasteiger charge is -2.40. The highest BCUT2D eigenvalue weighted by Crippen LogP contribution is 2.65. The van der Waals surface area contributed by atoms with Crippen LogP contribution in [0, 0.1) is 27.2 Å². The summed E-state index contributed by atoms with van der Waals surface area (Å²) >= 11 is 0. The molecule has 6 aromatic rings. The highest BCUT2D eigenvalue weighted by Gasteiger charge is 2.53. The molecule has 0 saturated carbocycles. The molecule has 2 aliphatic rings. The Morgan fingerprint density at radius 3 is 2.02 bits per heavy atom. The van der Waals surface area contributed by atoms with E-state index in [4.69, 9.17) is 4.74 Å². The van der Waals surface area contributed by atoms with Crippen molar-refractivity contribution in [3.8, 4) is 22.6 Å². The SMILES string of the molecule is Cc1ccc2c(c1)C1(c3cc([N+](=O)[O-])ccc3-2)c2ccc3ccccc3c2Oc2c1cc([N+](=O)[O-])c1ccccc21. The standard InChI is InChI=1S/C34H20N2O5/c1-19-10-13-23-24-14-12-21(35(37)38)17-29(24)34(28(23)16-19)27-15-11-20-6-2-3-7-22(20)32(27)41-33-26-9-5-4-8-25(26)31(36(39)40)18-30(33)34/h2-18H,1H3. The molecule has 0 fully saturated rings. The van der Waals surface area contributed by atoms with Crippen molar-refractivity contribution in [1.82, 2.24) is 0 Å². The summed E-state index contributed by atoms with van der Waals surface area (Å²) in [5.74, 6) is 1.16. The van der Waals surface area contributed by atoms with Crippen LogP contribution in [0.5, 0.6) is 11.5 Å². The number of ether oxygens (including phenoxy) is 1. The zero-order valence-corrected chi connectivity index (χ0v) is 21.8. The number of fused-ring (bicyclic) bond motifs is 13. The van der Waals surface area contributed by atoms with E-state index in [9.17, 15) is 20.2 Å². The van der Waals surface area contributed by atoms with Crippen LogP contribution in [0.25, 0.3) is 32.7 Å². The Morgan fingerprint density at radius 1 is 0.610 bits per heavy atom. The minimum atomic E-state index is -1.09. The normalized spacial score (nSPS) is 16.1. The van der Waals surface area contributed by atoms with E-state index in [0.29, 0.717) is 33.4 Å². The summed E-state index contributed by atoms with van der Waals surface area (Å²) < 4.78 is 6.81. The molecular formula is C34H20N2O5. The van der Waals surface area contributed by atoms with Gasteiger partial charge in [-0.05, 0) is 46.7 Å². The molecule has 7 nitrogen and oxygen atoms in total. The highest BCUT2D eigenvalue weighted by atomic mass is 16.6. The van der Waals surface area contributed by atoms with Gasteiger partial charge in [-0.1, -0.05) is 78.4 Å². The summed E-state index contributed by atoms with van der Waals surface area (Å²) in [7, 11) is 0. The Morgan fingerprint density at radius 2 is 1.27 bits per heavy atom. The van der Waals surface area contributed by atoms with Crippen molar-refractivity contribution in [2.45, 2.75) is 12.3 Å². The molecule has 0 amide bonds. The summed E-state index contributed by atoms with van der Waals surface area (Å²) in [6.45, 7) is 2.00.